The zero-order chi connectivity index (χ0) is 30.3. The fourth-order valence-corrected chi connectivity index (χ4v) is 8.33. The number of halogens is 1. The first kappa shape index (κ1) is 31.3. The average molecular weight is 630 g/mol. The van der Waals surface area contributed by atoms with Crippen LogP contribution in [0, 0.1) is 5.92 Å². The Morgan fingerprint density at radius 3 is 2.46 bits per heavy atom. The predicted octanol–water partition coefficient (Wildman–Crippen LogP) is 3.57. The van der Waals surface area contributed by atoms with Gasteiger partial charge in [0.15, 0.2) is 20.8 Å². The first-order chi connectivity index (χ1) is 19.0. The highest BCUT2D eigenvalue weighted by atomic mass is 35.5. The summed E-state index contributed by atoms with van der Waals surface area (Å²) >= 11 is 6.24. The number of ether oxygens (including phenoxy) is 2. The number of esters is 1. The van der Waals surface area contributed by atoms with Crippen molar-refractivity contribution in [3.63, 3.8) is 0 Å². The van der Waals surface area contributed by atoms with Gasteiger partial charge in [-0.25, -0.2) is 16.8 Å². The molecule has 4 rings (SSSR count). The molecule has 1 aliphatic heterocycles. The summed E-state index contributed by atoms with van der Waals surface area (Å²) < 4.78 is 66.7. The molecule has 0 unspecified atom stereocenters. The molecule has 1 aromatic carbocycles. The van der Waals surface area contributed by atoms with E-state index in [-0.39, 0.29) is 40.9 Å². The second-order valence-corrected chi connectivity index (χ2v) is 16.1. The fourth-order valence-electron chi connectivity index (χ4n) is 4.61. The van der Waals surface area contributed by atoms with Gasteiger partial charge in [-0.15, -0.1) is 0 Å². The van der Waals surface area contributed by atoms with Gasteiger partial charge in [0.25, 0.3) is 10.0 Å². The minimum Gasteiger partial charge on any atom is -0.486 e. The van der Waals surface area contributed by atoms with Gasteiger partial charge >= 0.3 is 5.97 Å². The monoisotopic (exact) mass is 629 g/mol. The minimum atomic E-state index is -4.25. The molecule has 14 heteroatoms. The summed E-state index contributed by atoms with van der Waals surface area (Å²) in [6.07, 6.45) is 1.76. The lowest BCUT2D eigenvalue weighted by molar-refractivity contribution is -0.153. The number of sulfonamides is 1. The Kier molecular flexibility index (Phi) is 8.83. The van der Waals surface area contributed by atoms with E-state index >= 15 is 0 Å². The highest BCUT2D eigenvalue weighted by molar-refractivity contribution is 7.93. The molecule has 0 radical (unpaired) electrons. The summed E-state index contributed by atoms with van der Waals surface area (Å²) in [6, 6.07) is 4.78. The molecule has 1 aliphatic carbocycles. The van der Waals surface area contributed by atoms with Crippen LogP contribution in [0.3, 0.4) is 0 Å². The number of rotatable bonds is 11. The highest BCUT2D eigenvalue weighted by Gasteiger charge is 2.40. The van der Waals surface area contributed by atoms with E-state index in [1.54, 1.807) is 52.8 Å². The van der Waals surface area contributed by atoms with Crippen LogP contribution >= 0.6 is 11.6 Å². The van der Waals surface area contributed by atoms with Crippen LogP contribution in [0.1, 0.15) is 59.4 Å². The van der Waals surface area contributed by atoms with Gasteiger partial charge in [-0.1, -0.05) is 24.6 Å². The van der Waals surface area contributed by atoms with Gasteiger partial charge in [-0.05, 0) is 64.7 Å². The van der Waals surface area contributed by atoms with Crippen LogP contribution in [0.25, 0.3) is 0 Å². The van der Waals surface area contributed by atoms with E-state index in [2.05, 4.69) is 5.10 Å². The summed E-state index contributed by atoms with van der Waals surface area (Å²) in [7, 11) is -7.73. The topological polar surface area (TPSA) is 142 Å². The Morgan fingerprint density at radius 2 is 1.88 bits per heavy atom. The van der Waals surface area contributed by atoms with E-state index in [4.69, 9.17) is 21.1 Å². The van der Waals surface area contributed by atoms with Crippen LogP contribution in [0.15, 0.2) is 29.3 Å². The van der Waals surface area contributed by atoms with Gasteiger partial charge in [0.1, 0.15) is 28.1 Å². The summed E-state index contributed by atoms with van der Waals surface area (Å²) in [5.74, 6) is -1.88. The quantitative estimate of drug-likeness (QED) is 0.341. The summed E-state index contributed by atoms with van der Waals surface area (Å²) in [4.78, 5) is 25.1. The number of anilines is 1. The fraction of sp³-hybridized carbons (Fsp3) is 0.593. The van der Waals surface area contributed by atoms with Crippen molar-refractivity contribution in [2.24, 2.45) is 5.92 Å². The number of hydrogen-bond donors (Lipinski definition) is 0. The molecule has 1 fully saturated rings. The van der Waals surface area contributed by atoms with Crippen molar-refractivity contribution in [1.82, 2.24) is 9.78 Å². The molecule has 2 aromatic rings. The maximum atomic E-state index is 14.0. The van der Waals surface area contributed by atoms with Crippen LogP contribution in [0.2, 0.25) is 5.15 Å². The number of ketones is 1. The standard InChI is InChI=1S/C27H36ClN3O8S2/c1-6-30-15-24(26(28)29-30)41(36,37)31-14-19(11-17(2)22(32)16-40(34,35)20-8-9-20)38-23-10-7-18(12-21(23)31)13-25(33)39-27(3,4)5/h7,10,12,15,17,19-20H,6,8-9,11,13-14,16H2,1-5H3/t17-,19-/m0/s1. The molecule has 1 saturated carbocycles. The zero-order valence-electron chi connectivity index (χ0n) is 23.8. The summed E-state index contributed by atoms with van der Waals surface area (Å²) in [5.41, 5.74) is 0.0431. The van der Waals surface area contributed by atoms with Crippen LogP contribution < -0.4 is 9.04 Å². The molecule has 2 aliphatic rings. The Bertz CT molecular complexity index is 1540. The van der Waals surface area contributed by atoms with E-state index in [0.717, 1.165) is 4.31 Å². The molecule has 0 saturated heterocycles. The number of sulfone groups is 1. The van der Waals surface area contributed by atoms with Gasteiger partial charge in [0.2, 0.25) is 0 Å². The lowest BCUT2D eigenvalue weighted by atomic mass is 9.98. The summed E-state index contributed by atoms with van der Waals surface area (Å²) in [6.45, 7) is 8.93. The Hall–Kier alpha value is -2.64. The molecule has 1 aromatic heterocycles. The van der Waals surface area contributed by atoms with Gasteiger partial charge in [0, 0.05) is 18.7 Å². The first-order valence-electron chi connectivity index (χ1n) is 13.5. The van der Waals surface area contributed by atoms with Gasteiger partial charge < -0.3 is 9.47 Å². The van der Waals surface area contributed by atoms with Gasteiger partial charge in [-0.2, -0.15) is 5.10 Å². The number of carbonyl (C=O) groups excluding carboxylic acids is 2. The van der Waals surface area contributed by atoms with E-state index in [0.29, 0.717) is 24.9 Å². The Labute approximate surface area is 246 Å². The molecular weight excluding hydrogens is 594 g/mol. The number of carbonyl (C=O) groups is 2. The molecule has 2 atom stereocenters. The number of benzene rings is 1. The molecule has 0 amide bonds. The first-order valence-corrected chi connectivity index (χ1v) is 17.0. The SMILES string of the molecule is CCn1cc(S(=O)(=O)N2C[C@H](C[C@H](C)C(=O)CS(=O)(=O)C3CC3)Oc3ccc(CC(=O)OC(C)(C)C)cc32)c(Cl)n1. The molecule has 0 spiro atoms. The number of aromatic nitrogens is 2. The lowest BCUT2D eigenvalue weighted by Crippen LogP contribution is -2.45. The highest BCUT2D eigenvalue weighted by Crippen LogP contribution is 2.40. The van der Waals surface area contributed by atoms with Crippen molar-refractivity contribution in [3.8, 4) is 5.75 Å². The Morgan fingerprint density at radius 1 is 1.20 bits per heavy atom. The van der Waals surface area contributed by atoms with Crippen molar-refractivity contribution in [2.75, 3.05) is 16.6 Å². The number of Topliss-reactive ketones (excluding diaryl/α,β-unsaturated/α-hetero) is 1. The Balaban J connectivity index is 1.64. The number of fused-ring (bicyclic) bond motifs is 1. The number of hydrogen-bond acceptors (Lipinski definition) is 9. The zero-order valence-corrected chi connectivity index (χ0v) is 26.2. The lowest BCUT2D eigenvalue weighted by Gasteiger charge is -2.36. The van der Waals surface area contributed by atoms with Crippen LogP contribution in [-0.2, 0) is 47.2 Å². The van der Waals surface area contributed by atoms with E-state index in [1.165, 1.54) is 10.9 Å². The van der Waals surface area contributed by atoms with Crippen molar-refractivity contribution >= 4 is 48.9 Å². The van der Waals surface area contributed by atoms with Gasteiger partial charge in [-0.3, -0.25) is 18.6 Å². The third-order valence-corrected chi connectivity index (χ3v) is 11.2. The third-order valence-electron chi connectivity index (χ3n) is 6.84. The number of aryl methyl sites for hydroxylation is 1. The van der Waals surface area contributed by atoms with E-state index in [9.17, 15) is 26.4 Å². The molecule has 0 N–H and O–H groups in total. The molecule has 226 valence electrons. The molecule has 11 nitrogen and oxygen atoms in total. The molecule has 2 heterocycles. The smallest absolute Gasteiger partial charge is 0.310 e. The second-order valence-electron chi connectivity index (χ2n) is 11.6. The normalized spacial score (nSPS) is 18.4. The summed E-state index contributed by atoms with van der Waals surface area (Å²) in [5, 5.41) is 3.43. The van der Waals surface area contributed by atoms with Crippen molar-refractivity contribution in [3.05, 3.63) is 35.1 Å². The number of nitrogens with zero attached hydrogens (tertiary/aromatic N) is 3. The van der Waals surface area contributed by atoms with Crippen LogP contribution in [0.4, 0.5) is 5.69 Å². The van der Waals surface area contributed by atoms with E-state index in [1.807, 2.05) is 0 Å². The average Bonchev–Trinajstić information content (AvgIpc) is 3.65. The van der Waals surface area contributed by atoms with Crippen molar-refractivity contribution < 1.29 is 35.9 Å². The van der Waals surface area contributed by atoms with Crippen LogP contribution in [-0.4, -0.2) is 67.6 Å². The molecule has 41 heavy (non-hydrogen) atoms. The van der Waals surface area contributed by atoms with Gasteiger partial charge in [0.05, 0.1) is 23.9 Å². The predicted molar refractivity (Wildman–Crippen MR) is 153 cm³/mol. The maximum absolute atomic E-state index is 14.0. The van der Waals surface area contributed by atoms with Crippen molar-refractivity contribution in [2.45, 2.75) is 88.7 Å². The second kappa shape index (κ2) is 11.6. The van der Waals surface area contributed by atoms with E-state index < -0.39 is 60.2 Å². The maximum Gasteiger partial charge on any atom is 0.310 e. The largest absolute Gasteiger partial charge is 0.486 e. The minimum absolute atomic E-state index is 0.0859. The van der Waals surface area contributed by atoms with Crippen molar-refractivity contribution in [1.29, 1.82) is 0 Å². The third kappa shape index (κ3) is 7.42. The molecular formula is C27H36ClN3O8S2. The molecule has 0 bridgehead atoms. The van der Waals surface area contributed by atoms with Crippen LogP contribution in [0.5, 0.6) is 5.75 Å².